The van der Waals surface area contributed by atoms with Gasteiger partial charge < -0.3 is 9.73 Å². The van der Waals surface area contributed by atoms with Crippen LogP contribution in [0.1, 0.15) is 51.9 Å². The Morgan fingerprint density at radius 2 is 2.00 bits per heavy atom. The summed E-state index contributed by atoms with van der Waals surface area (Å²) >= 11 is 0. The molecule has 3 nitrogen and oxygen atoms in total. The molecular formula is C17H30N2O. The van der Waals surface area contributed by atoms with Crippen LogP contribution in [0.3, 0.4) is 0 Å². The molecule has 1 fully saturated rings. The van der Waals surface area contributed by atoms with Gasteiger partial charge in [-0.3, -0.25) is 4.90 Å². The first-order chi connectivity index (χ1) is 9.44. The van der Waals surface area contributed by atoms with Gasteiger partial charge in [0.2, 0.25) is 0 Å². The Kier molecular flexibility index (Phi) is 5.28. The minimum Gasteiger partial charge on any atom is -0.468 e. The third-order valence-corrected chi connectivity index (χ3v) is 4.18. The number of likely N-dealkylation sites (tertiary alicyclic amines) is 1. The van der Waals surface area contributed by atoms with Crippen molar-refractivity contribution in [1.29, 1.82) is 0 Å². The van der Waals surface area contributed by atoms with Gasteiger partial charge in [0.05, 0.1) is 12.8 Å². The molecule has 0 aromatic carbocycles. The van der Waals surface area contributed by atoms with Crippen LogP contribution in [0.2, 0.25) is 0 Å². The fraction of sp³-hybridized carbons (Fsp3) is 0.765. The van der Waals surface area contributed by atoms with Crippen molar-refractivity contribution >= 4 is 0 Å². The normalized spacial score (nSPS) is 19.6. The van der Waals surface area contributed by atoms with E-state index in [0.717, 1.165) is 25.4 Å². The Bertz CT molecular complexity index is 399. The van der Waals surface area contributed by atoms with E-state index < -0.39 is 0 Å². The summed E-state index contributed by atoms with van der Waals surface area (Å²) in [7, 11) is 0. The van der Waals surface area contributed by atoms with Crippen LogP contribution in [0, 0.1) is 11.3 Å². The fourth-order valence-corrected chi connectivity index (χ4v) is 2.64. The average Bonchev–Trinajstić information content (AvgIpc) is 2.79. The molecule has 0 aliphatic carbocycles. The second-order valence-electron chi connectivity index (χ2n) is 7.39. The second kappa shape index (κ2) is 6.77. The lowest BCUT2D eigenvalue weighted by atomic mass is 9.83. The van der Waals surface area contributed by atoms with E-state index in [4.69, 9.17) is 4.42 Å². The van der Waals surface area contributed by atoms with Gasteiger partial charge >= 0.3 is 0 Å². The van der Waals surface area contributed by atoms with Crippen molar-refractivity contribution in [2.24, 2.45) is 11.3 Å². The van der Waals surface area contributed by atoms with Crippen molar-refractivity contribution in [3.63, 3.8) is 0 Å². The SMILES string of the molecule is CC(C)CNCc1coc(CN2CCC(C)(C)CC2)c1. The van der Waals surface area contributed by atoms with Crippen molar-refractivity contribution in [2.45, 2.75) is 53.6 Å². The number of rotatable bonds is 6. The van der Waals surface area contributed by atoms with E-state index >= 15 is 0 Å². The Balaban J connectivity index is 1.75. The molecule has 0 bridgehead atoms. The number of hydrogen-bond acceptors (Lipinski definition) is 3. The Hall–Kier alpha value is -0.800. The summed E-state index contributed by atoms with van der Waals surface area (Å²) in [5.74, 6) is 1.80. The first-order valence-electron chi connectivity index (χ1n) is 7.94. The van der Waals surface area contributed by atoms with E-state index in [-0.39, 0.29) is 0 Å². The highest BCUT2D eigenvalue weighted by molar-refractivity contribution is 5.12. The maximum absolute atomic E-state index is 5.70. The Labute approximate surface area is 123 Å². The molecule has 3 heteroatoms. The molecule has 20 heavy (non-hydrogen) atoms. The Morgan fingerprint density at radius 1 is 1.30 bits per heavy atom. The molecule has 0 spiro atoms. The first-order valence-corrected chi connectivity index (χ1v) is 7.94. The van der Waals surface area contributed by atoms with Crippen LogP contribution in [-0.4, -0.2) is 24.5 Å². The predicted molar refractivity (Wildman–Crippen MR) is 83.5 cm³/mol. The molecule has 1 aliphatic heterocycles. The summed E-state index contributed by atoms with van der Waals surface area (Å²) in [5.41, 5.74) is 1.78. The topological polar surface area (TPSA) is 28.4 Å². The maximum atomic E-state index is 5.70. The van der Waals surface area contributed by atoms with E-state index in [1.165, 1.54) is 31.5 Å². The van der Waals surface area contributed by atoms with E-state index in [0.29, 0.717) is 11.3 Å². The second-order valence-corrected chi connectivity index (χ2v) is 7.39. The van der Waals surface area contributed by atoms with E-state index in [1.54, 1.807) is 0 Å². The van der Waals surface area contributed by atoms with E-state index in [2.05, 4.69) is 44.0 Å². The molecule has 114 valence electrons. The summed E-state index contributed by atoms with van der Waals surface area (Å²) in [6.07, 6.45) is 4.48. The predicted octanol–water partition coefficient (Wildman–Crippen LogP) is 3.65. The van der Waals surface area contributed by atoms with Gasteiger partial charge in [0, 0.05) is 12.1 Å². The van der Waals surface area contributed by atoms with Gasteiger partial charge in [0.15, 0.2) is 0 Å². The lowest BCUT2D eigenvalue weighted by Gasteiger charge is -2.36. The molecule has 0 atom stereocenters. The van der Waals surface area contributed by atoms with Gasteiger partial charge in [-0.2, -0.15) is 0 Å². The third-order valence-electron chi connectivity index (χ3n) is 4.18. The molecule has 2 heterocycles. The van der Waals surface area contributed by atoms with Crippen molar-refractivity contribution < 1.29 is 4.42 Å². The van der Waals surface area contributed by atoms with Crippen molar-refractivity contribution in [3.05, 3.63) is 23.7 Å². The van der Waals surface area contributed by atoms with Crippen LogP contribution < -0.4 is 5.32 Å². The number of nitrogens with zero attached hydrogens (tertiary/aromatic N) is 1. The van der Waals surface area contributed by atoms with Crippen LogP contribution >= 0.6 is 0 Å². The first kappa shape index (κ1) is 15.6. The minimum absolute atomic E-state index is 0.519. The monoisotopic (exact) mass is 278 g/mol. The number of nitrogens with one attached hydrogen (secondary N) is 1. The molecule has 0 amide bonds. The summed E-state index contributed by atoms with van der Waals surface area (Å²) in [4.78, 5) is 2.51. The van der Waals surface area contributed by atoms with Gasteiger partial charge in [0.25, 0.3) is 0 Å². The number of furan rings is 1. The molecule has 1 N–H and O–H groups in total. The van der Waals surface area contributed by atoms with Crippen LogP contribution in [0.15, 0.2) is 16.7 Å². The fourth-order valence-electron chi connectivity index (χ4n) is 2.64. The zero-order chi connectivity index (χ0) is 14.6. The summed E-state index contributed by atoms with van der Waals surface area (Å²) in [5, 5.41) is 3.46. The molecule has 1 saturated heterocycles. The van der Waals surface area contributed by atoms with Gasteiger partial charge in [-0.15, -0.1) is 0 Å². The zero-order valence-electron chi connectivity index (χ0n) is 13.5. The van der Waals surface area contributed by atoms with Gasteiger partial charge in [-0.1, -0.05) is 27.7 Å². The quantitative estimate of drug-likeness (QED) is 0.861. The van der Waals surface area contributed by atoms with Crippen molar-refractivity contribution in [1.82, 2.24) is 10.2 Å². The Morgan fingerprint density at radius 3 is 2.65 bits per heavy atom. The average molecular weight is 278 g/mol. The summed E-state index contributed by atoms with van der Waals surface area (Å²) in [6, 6.07) is 2.20. The van der Waals surface area contributed by atoms with Gasteiger partial charge in [0.1, 0.15) is 5.76 Å². The van der Waals surface area contributed by atoms with Gasteiger partial charge in [-0.05, 0) is 49.9 Å². The zero-order valence-corrected chi connectivity index (χ0v) is 13.5. The molecule has 0 saturated carbocycles. The molecule has 2 rings (SSSR count). The number of piperidine rings is 1. The lowest BCUT2D eigenvalue weighted by molar-refractivity contribution is 0.120. The van der Waals surface area contributed by atoms with Gasteiger partial charge in [-0.25, -0.2) is 0 Å². The molecule has 1 aromatic heterocycles. The summed E-state index contributed by atoms with van der Waals surface area (Å²) in [6.45, 7) is 14.5. The highest BCUT2D eigenvalue weighted by Crippen LogP contribution is 2.30. The van der Waals surface area contributed by atoms with Crippen molar-refractivity contribution in [2.75, 3.05) is 19.6 Å². The standard InChI is InChI=1S/C17H30N2O/c1-14(2)10-18-11-15-9-16(20-13-15)12-19-7-5-17(3,4)6-8-19/h9,13-14,18H,5-8,10-12H2,1-4H3. The smallest absolute Gasteiger partial charge is 0.118 e. The van der Waals surface area contributed by atoms with Crippen LogP contribution in [0.25, 0.3) is 0 Å². The maximum Gasteiger partial charge on any atom is 0.118 e. The van der Waals surface area contributed by atoms with E-state index in [9.17, 15) is 0 Å². The van der Waals surface area contributed by atoms with Crippen LogP contribution in [0.5, 0.6) is 0 Å². The van der Waals surface area contributed by atoms with Crippen LogP contribution in [0.4, 0.5) is 0 Å². The highest BCUT2D eigenvalue weighted by atomic mass is 16.3. The molecule has 0 unspecified atom stereocenters. The molecular weight excluding hydrogens is 248 g/mol. The minimum atomic E-state index is 0.519. The lowest BCUT2D eigenvalue weighted by Crippen LogP contribution is -2.36. The van der Waals surface area contributed by atoms with Crippen molar-refractivity contribution in [3.8, 4) is 0 Å². The summed E-state index contributed by atoms with van der Waals surface area (Å²) < 4.78 is 5.70. The third kappa shape index (κ3) is 4.95. The largest absolute Gasteiger partial charge is 0.468 e. The molecule has 1 aliphatic rings. The molecule has 1 aromatic rings. The molecule has 0 radical (unpaired) electrons. The van der Waals surface area contributed by atoms with Crippen LogP contribution in [-0.2, 0) is 13.1 Å². The number of hydrogen-bond donors (Lipinski definition) is 1. The van der Waals surface area contributed by atoms with E-state index in [1.807, 2.05) is 6.26 Å². The highest BCUT2D eigenvalue weighted by Gasteiger charge is 2.25.